The molecule has 0 aromatic heterocycles. The van der Waals surface area contributed by atoms with Gasteiger partial charge in [-0.05, 0) is 42.2 Å². The van der Waals surface area contributed by atoms with Crippen LogP contribution in [-0.2, 0) is 23.0 Å². The van der Waals surface area contributed by atoms with E-state index in [1.165, 1.54) is 17.4 Å². The number of aryl methyl sites for hydroxylation is 1. The zero-order valence-electron chi connectivity index (χ0n) is 18.5. The Bertz CT molecular complexity index is 1160. The third-order valence-electron chi connectivity index (χ3n) is 6.05. The average Bonchev–Trinajstić information content (AvgIpc) is 2.76. The van der Waals surface area contributed by atoms with Crippen LogP contribution in [0.3, 0.4) is 0 Å². The summed E-state index contributed by atoms with van der Waals surface area (Å²) in [6.07, 6.45) is 2.03. The third-order valence-corrected chi connectivity index (χ3v) is 7.71. The van der Waals surface area contributed by atoms with Crippen LogP contribution in [0.1, 0.15) is 16.7 Å². The van der Waals surface area contributed by atoms with Crippen LogP contribution >= 0.6 is 11.6 Å². The third kappa shape index (κ3) is 5.59. The van der Waals surface area contributed by atoms with Crippen molar-refractivity contribution < 1.29 is 8.42 Å². The molecule has 1 atom stereocenters. The Kier molecular flexibility index (Phi) is 7.01. The number of hydrogen-bond donors (Lipinski definition) is 0. The molecule has 1 aliphatic rings. The second kappa shape index (κ2) is 9.75. The maximum absolute atomic E-state index is 12.4. The van der Waals surface area contributed by atoms with Crippen LogP contribution in [0.4, 0.5) is 0 Å². The van der Waals surface area contributed by atoms with Gasteiger partial charge in [0.25, 0.3) is 0 Å². The molecule has 0 amide bonds. The molecule has 0 spiro atoms. The van der Waals surface area contributed by atoms with Gasteiger partial charge in [-0.25, -0.2) is 8.42 Å². The second-order valence-corrected chi connectivity index (χ2v) is 11.0. The number of halogens is 1. The van der Waals surface area contributed by atoms with Crippen LogP contribution in [0, 0.1) is 6.92 Å². The standard InChI is InChI=1S/C26H29ClN2O2S/c1-20-8-13-26(27)25(16-20)23-11-9-22(10-12-23)18-28-14-15-29(32(2,30)31)24(19-28)17-21-6-4-3-5-7-21/h3-13,16,24H,14-15,17-19H2,1-2H3/t24-/m1/s1. The lowest BCUT2D eigenvalue weighted by molar-refractivity contribution is 0.129. The van der Waals surface area contributed by atoms with Crippen molar-refractivity contribution in [3.05, 3.63) is 94.5 Å². The fourth-order valence-corrected chi connectivity index (χ4v) is 5.77. The molecule has 1 saturated heterocycles. The first-order valence-corrected chi connectivity index (χ1v) is 13.1. The average molecular weight is 469 g/mol. The summed E-state index contributed by atoms with van der Waals surface area (Å²) < 4.78 is 26.4. The minimum Gasteiger partial charge on any atom is -0.296 e. The van der Waals surface area contributed by atoms with Gasteiger partial charge in [0.1, 0.15) is 0 Å². The zero-order chi connectivity index (χ0) is 22.7. The van der Waals surface area contributed by atoms with Crippen molar-refractivity contribution in [2.24, 2.45) is 0 Å². The highest BCUT2D eigenvalue weighted by Gasteiger charge is 2.32. The summed E-state index contributed by atoms with van der Waals surface area (Å²) in [6, 6.07) is 24.6. The van der Waals surface area contributed by atoms with Crippen molar-refractivity contribution in [3.63, 3.8) is 0 Å². The molecule has 0 radical (unpaired) electrons. The topological polar surface area (TPSA) is 40.6 Å². The molecule has 0 bridgehead atoms. The summed E-state index contributed by atoms with van der Waals surface area (Å²) in [5.74, 6) is 0. The Morgan fingerprint density at radius 3 is 2.34 bits per heavy atom. The van der Waals surface area contributed by atoms with E-state index in [1.54, 1.807) is 4.31 Å². The van der Waals surface area contributed by atoms with E-state index in [1.807, 2.05) is 30.3 Å². The van der Waals surface area contributed by atoms with Crippen molar-refractivity contribution in [1.82, 2.24) is 9.21 Å². The van der Waals surface area contributed by atoms with Gasteiger partial charge in [-0.1, -0.05) is 77.8 Å². The van der Waals surface area contributed by atoms with Gasteiger partial charge in [-0.2, -0.15) is 4.31 Å². The van der Waals surface area contributed by atoms with Crippen molar-refractivity contribution >= 4 is 21.6 Å². The van der Waals surface area contributed by atoms with Gasteiger partial charge in [-0.3, -0.25) is 4.90 Å². The first-order chi connectivity index (χ1) is 15.3. The number of hydrogen-bond acceptors (Lipinski definition) is 3. The molecule has 168 valence electrons. The highest BCUT2D eigenvalue weighted by Crippen LogP contribution is 2.29. The van der Waals surface area contributed by atoms with Crippen molar-refractivity contribution in [2.75, 3.05) is 25.9 Å². The predicted octanol–water partition coefficient (Wildman–Crippen LogP) is 5.00. The Labute approximate surface area is 196 Å². The molecular weight excluding hydrogens is 440 g/mol. The lowest BCUT2D eigenvalue weighted by Crippen LogP contribution is -2.55. The van der Waals surface area contributed by atoms with Crippen LogP contribution in [-0.4, -0.2) is 49.6 Å². The molecule has 0 unspecified atom stereocenters. The predicted molar refractivity (Wildman–Crippen MR) is 132 cm³/mol. The van der Waals surface area contributed by atoms with E-state index >= 15 is 0 Å². The van der Waals surface area contributed by atoms with Crippen molar-refractivity contribution in [2.45, 2.75) is 25.9 Å². The Balaban J connectivity index is 1.47. The molecule has 0 N–H and O–H groups in total. The normalized spacial score (nSPS) is 18.0. The summed E-state index contributed by atoms with van der Waals surface area (Å²) in [5, 5.41) is 0.754. The lowest BCUT2D eigenvalue weighted by Gasteiger charge is -2.40. The summed E-state index contributed by atoms with van der Waals surface area (Å²) in [4.78, 5) is 2.35. The van der Waals surface area contributed by atoms with Gasteiger partial charge in [0, 0.05) is 42.8 Å². The molecule has 1 heterocycles. The Morgan fingerprint density at radius 2 is 1.66 bits per heavy atom. The number of piperazine rings is 1. The molecule has 4 nitrogen and oxygen atoms in total. The molecular formula is C26H29ClN2O2S. The van der Waals surface area contributed by atoms with Gasteiger partial charge in [0.15, 0.2) is 0 Å². The molecule has 6 heteroatoms. The zero-order valence-corrected chi connectivity index (χ0v) is 20.1. The van der Waals surface area contributed by atoms with E-state index in [0.29, 0.717) is 13.1 Å². The van der Waals surface area contributed by atoms with E-state index < -0.39 is 10.0 Å². The highest BCUT2D eigenvalue weighted by molar-refractivity contribution is 7.88. The summed E-state index contributed by atoms with van der Waals surface area (Å²) in [6.45, 7) is 4.82. The van der Waals surface area contributed by atoms with Crippen LogP contribution < -0.4 is 0 Å². The number of benzene rings is 3. The van der Waals surface area contributed by atoms with E-state index in [-0.39, 0.29) is 6.04 Å². The molecule has 4 rings (SSSR count). The SMILES string of the molecule is Cc1ccc(Cl)c(-c2ccc(CN3CCN(S(C)(=O)=O)[C@H](Cc4ccccc4)C3)cc2)c1. The minimum atomic E-state index is -3.24. The highest BCUT2D eigenvalue weighted by atomic mass is 35.5. The molecule has 0 saturated carbocycles. The van der Waals surface area contributed by atoms with Crippen LogP contribution in [0.2, 0.25) is 5.02 Å². The molecule has 0 aliphatic carbocycles. The van der Waals surface area contributed by atoms with E-state index in [0.717, 1.165) is 41.2 Å². The first-order valence-electron chi connectivity index (χ1n) is 10.9. The van der Waals surface area contributed by atoms with Gasteiger partial charge in [0.05, 0.1) is 6.26 Å². The molecule has 3 aromatic rings. The Morgan fingerprint density at radius 1 is 0.938 bits per heavy atom. The molecule has 1 aliphatic heterocycles. The maximum atomic E-state index is 12.4. The van der Waals surface area contributed by atoms with E-state index in [2.05, 4.69) is 54.3 Å². The van der Waals surface area contributed by atoms with Gasteiger partial charge in [-0.15, -0.1) is 0 Å². The largest absolute Gasteiger partial charge is 0.296 e. The summed E-state index contributed by atoms with van der Waals surface area (Å²) in [7, 11) is -3.24. The van der Waals surface area contributed by atoms with Gasteiger partial charge in [0.2, 0.25) is 10.0 Å². The van der Waals surface area contributed by atoms with Crippen molar-refractivity contribution in [3.8, 4) is 11.1 Å². The monoisotopic (exact) mass is 468 g/mol. The summed E-state index contributed by atoms with van der Waals surface area (Å²) >= 11 is 6.40. The molecule has 32 heavy (non-hydrogen) atoms. The van der Waals surface area contributed by atoms with Gasteiger partial charge < -0.3 is 0 Å². The number of sulfonamides is 1. The van der Waals surface area contributed by atoms with Crippen LogP contribution in [0.15, 0.2) is 72.8 Å². The van der Waals surface area contributed by atoms with Crippen molar-refractivity contribution in [1.29, 1.82) is 0 Å². The quantitative estimate of drug-likeness (QED) is 0.511. The number of nitrogens with zero attached hydrogens (tertiary/aromatic N) is 2. The van der Waals surface area contributed by atoms with E-state index in [4.69, 9.17) is 11.6 Å². The first kappa shape index (κ1) is 23.0. The van der Waals surface area contributed by atoms with E-state index in [9.17, 15) is 8.42 Å². The smallest absolute Gasteiger partial charge is 0.211 e. The number of rotatable bonds is 6. The fraction of sp³-hybridized carbons (Fsp3) is 0.308. The van der Waals surface area contributed by atoms with Gasteiger partial charge >= 0.3 is 0 Å². The summed E-state index contributed by atoms with van der Waals surface area (Å²) in [5.41, 5.74) is 5.70. The molecule has 1 fully saturated rings. The fourth-order valence-electron chi connectivity index (χ4n) is 4.44. The minimum absolute atomic E-state index is 0.0634. The Hall–Kier alpha value is -2.18. The maximum Gasteiger partial charge on any atom is 0.211 e. The molecule has 3 aromatic carbocycles. The van der Waals surface area contributed by atoms with Crippen LogP contribution in [0.25, 0.3) is 11.1 Å². The second-order valence-electron chi connectivity index (χ2n) is 8.63. The van der Waals surface area contributed by atoms with Crippen LogP contribution in [0.5, 0.6) is 0 Å². The lowest BCUT2D eigenvalue weighted by atomic mass is 10.0.